The number of rotatable bonds is 4. The second-order valence-electron chi connectivity index (χ2n) is 6.23. The molecule has 4 nitrogen and oxygen atoms in total. The first kappa shape index (κ1) is 17.8. The van der Waals surface area contributed by atoms with Crippen molar-refractivity contribution in [1.82, 2.24) is 10.2 Å². The molecule has 0 bridgehead atoms. The van der Waals surface area contributed by atoms with E-state index in [4.69, 9.17) is 4.42 Å². The number of carbonyl (C=O) groups excluding carboxylic acids is 1. The molecule has 5 heteroatoms. The van der Waals surface area contributed by atoms with Gasteiger partial charge in [0.2, 0.25) is 0 Å². The summed E-state index contributed by atoms with van der Waals surface area (Å²) in [5.74, 6) is 0.474. The molecule has 1 fully saturated rings. The van der Waals surface area contributed by atoms with Gasteiger partial charge in [-0.1, -0.05) is 6.92 Å². The Morgan fingerprint density at radius 2 is 2.04 bits per heavy atom. The van der Waals surface area contributed by atoms with E-state index in [-0.39, 0.29) is 24.4 Å². The molecule has 1 saturated heterocycles. The fourth-order valence-electron chi connectivity index (χ4n) is 3.15. The number of aryl methyl sites for hydroxylation is 2. The summed E-state index contributed by atoms with van der Waals surface area (Å²) in [7, 11) is 0. The summed E-state index contributed by atoms with van der Waals surface area (Å²) in [5, 5.41) is 4.34. The van der Waals surface area contributed by atoms with E-state index in [1.165, 1.54) is 11.1 Å². The number of amides is 1. The minimum Gasteiger partial charge on any atom is -0.451 e. The van der Waals surface area contributed by atoms with Crippen LogP contribution in [0.25, 0.3) is 11.0 Å². The third-order valence-electron chi connectivity index (χ3n) is 4.54. The highest BCUT2D eigenvalue weighted by molar-refractivity contribution is 5.96. The van der Waals surface area contributed by atoms with Crippen molar-refractivity contribution >= 4 is 29.3 Å². The van der Waals surface area contributed by atoms with Gasteiger partial charge in [-0.25, -0.2) is 0 Å². The molecule has 1 aliphatic rings. The number of benzene rings is 1. The van der Waals surface area contributed by atoms with E-state index >= 15 is 0 Å². The first-order valence-corrected chi connectivity index (χ1v) is 8.12. The molecule has 1 atom stereocenters. The molecule has 0 spiro atoms. The maximum Gasteiger partial charge on any atom is 0.289 e. The zero-order chi connectivity index (χ0) is 15.7. The number of hydrogen-bond donors (Lipinski definition) is 1. The average Bonchev–Trinajstić information content (AvgIpc) is 3.14. The summed E-state index contributed by atoms with van der Waals surface area (Å²) in [4.78, 5) is 14.8. The van der Waals surface area contributed by atoms with Gasteiger partial charge >= 0.3 is 0 Å². The Kier molecular flexibility index (Phi) is 5.71. The molecule has 2 aromatic rings. The van der Waals surface area contributed by atoms with Crippen molar-refractivity contribution in [3.8, 4) is 0 Å². The molecule has 0 radical (unpaired) electrons. The summed E-state index contributed by atoms with van der Waals surface area (Å²) in [6, 6.07) is 6.27. The second-order valence-corrected chi connectivity index (χ2v) is 6.23. The molecular weight excluding hydrogens is 312 g/mol. The van der Waals surface area contributed by atoms with Gasteiger partial charge in [0, 0.05) is 24.5 Å². The number of furan rings is 1. The fraction of sp³-hybridized carbons (Fsp3) is 0.500. The van der Waals surface area contributed by atoms with Crippen LogP contribution in [-0.4, -0.2) is 36.5 Å². The Hall–Kier alpha value is -1.52. The first-order chi connectivity index (χ1) is 10.6. The van der Waals surface area contributed by atoms with E-state index in [1.807, 2.05) is 17.0 Å². The normalized spacial score (nSPS) is 17.3. The zero-order valence-corrected chi connectivity index (χ0v) is 14.8. The summed E-state index contributed by atoms with van der Waals surface area (Å²) < 4.78 is 5.84. The standard InChI is InChI=1S/C18H24N2O2.ClH/c1-4-7-20(15-5-6-19-11-15)18(21)17-10-14-8-12(2)13(3)9-16(14)22-17;/h8-10,15,19H,4-7,11H2,1-3H3;1H. The Morgan fingerprint density at radius 1 is 1.30 bits per heavy atom. The van der Waals surface area contributed by atoms with Gasteiger partial charge in [-0.15, -0.1) is 12.4 Å². The van der Waals surface area contributed by atoms with Crippen LogP contribution in [0.2, 0.25) is 0 Å². The van der Waals surface area contributed by atoms with Crippen LogP contribution >= 0.6 is 12.4 Å². The molecule has 1 aromatic carbocycles. The van der Waals surface area contributed by atoms with Crippen molar-refractivity contribution in [3.63, 3.8) is 0 Å². The first-order valence-electron chi connectivity index (χ1n) is 8.12. The topological polar surface area (TPSA) is 45.5 Å². The molecule has 2 heterocycles. The molecule has 0 saturated carbocycles. The smallest absolute Gasteiger partial charge is 0.289 e. The maximum atomic E-state index is 12.9. The molecule has 3 rings (SSSR count). The maximum absolute atomic E-state index is 12.9. The van der Waals surface area contributed by atoms with E-state index in [0.717, 1.165) is 43.4 Å². The Bertz CT molecular complexity index is 651. The van der Waals surface area contributed by atoms with Crippen LogP contribution < -0.4 is 5.32 Å². The minimum atomic E-state index is 0. The van der Waals surface area contributed by atoms with Crippen LogP contribution in [0.1, 0.15) is 41.4 Å². The number of hydrogen-bond acceptors (Lipinski definition) is 3. The molecule has 1 N–H and O–H groups in total. The van der Waals surface area contributed by atoms with E-state index in [1.54, 1.807) is 0 Å². The molecular formula is C18H25ClN2O2. The predicted molar refractivity (Wildman–Crippen MR) is 95.5 cm³/mol. The van der Waals surface area contributed by atoms with Gasteiger partial charge in [0.25, 0.3) is 5.91 Å². The molecule has 23 heavy (non-hydrogen) atoms. The van der Waals surface area contributed by atoms with E-state index < -0.39 is 0 Å². The third-order valence-corrected chi connectivity index (χ3v) is 4.54. The van der Waals surface area contributed by atoms with E-state index in [0.29, 0.717) is 5.76 Å². The summed E-state index contributed by atoms with van der Waals surface area (Å²) >= 11 is 0. The van der Waals surface area contributed by atoms with Crippen molar-refractivity contribution in [2.24, 2.45) is 0 Å². The number of nitrogens with zero attached hydrogens (tertiary/aromatic N) is 1. The van der Waals surface area contributed by atoms with Crippen molar-refractivity contribution in [1.29, 1.82) is 0 Å². The Labute approximate surface area is 143 Å². The molecule has 1 amide bonds. The van der Waals surface area contributed by atoms with Crippen molar-refractivity contribution < 1.29 is 9.21 Å². The SMILES string of the molecule is CCCN(C(=O)c1cc2cc(C)c(C)cc2o1)C1CCNC1.Cl. The van der Waals surface area contributed by atoms with Crippen molar-refractivity contribution in [2.45, 2.75) is 39.7 Å². The second kappa shape index (κ2) is 7.37. The van der Waals surface area contributed by atoms with Gasteiger partial charge in [-0.2, -0.15) is 0 Å². The molecule has 1 aliphatic heterocycles. The molecule has 1 unspecified atom stereocenters. The van der Waals surface area contributed by atoms with Crippen LogP contribution in [0.5, 0.6) is 0 Å². The van der Waals surface area contributed by atoms with E-state index in [9.17, 15) is 4.79 Å². The largest absolute Gasteiger partial charge is 0.451 e. The average molecular weight is 337 g/mol. The number of halogens is 1. The molecule has 126 valence electrons. The highest BCUT2D eigenvalue weighted by atomic mass is 35.5. The lowest BCUT2D eigenvalue weighted by Gasteiger charge is -2.27. The monoisotopic (exact) mass is 336 g/mol. The lowest BCUT2D eigenvalue weighted by atomic mass is 10.1. The zero-order valence-electron chi connectivity index (χ0n) is 14.0. The van der Waals surface area contributed by atoms with Crippen molar-refractivity contribution in [2.75, 3.05) is 19.6 Å². The van der Waals surface area contributed by atoms with Crippen LogP contribution in [0, 0.1) is 13.8 Å². The van der Waals surface area contributed by atoms with E-state index in [2.05, 4.69) is 32.2 Å². The van der Waals surface area contributed by atoms with Gasteiger partial charge in [0.15, 0.2) is 5.76 Å². The number of carbonyl (C=O) groups is 1. The van der Waals surface area contributed by atoms with Gasteiger partial charge in [-0.05, 0) is 62.6 Å². The van der Waals surface area contributed by atoms with Gasteiger partial charge in [0.1, 0.15) is 5.58 Å². The van der Waals surface area contributed by atoms with Gasteiger partial charge < -0.3 is 14.6 Å². The van der Waals surface area contributed by atoms with Crippen LogP contribution in [-0.2, 0) is 0 Å². The number of fused-ring (bicyclic) bond motifs is 1. The summed E-state index contributed by atoms with van der Waals surface area (Å²) in [6.45, 7) is 8.89. The van der Waals surface area contributed by atoms with Crippen LogP contribution in [0.15, 0.2) is 22.6 Å². The van der Waals surface area contributed by atoms with Gasteiger partial charge in [-0.3, -0.25) is 4.79 Å². The highest BCUT2D eigenvalue weighted by Gasteiger charge is 2.28. The lowest BCUT2D eigenvalue weighted by molar-refractivity contribution is 0.0662. The summed E-state index contributed by atoms with van der Waals surface area (Å²) in [5.41, 5.74) is 3.21. The molecule has 1 aromatic heterocycles. The Balaban J connectivity index is 0.00000192. The number of nitrogens with one attached hydrogen (secondary N) is 1. The minimum absolute atomic E-state index is 0. The molecule has 0 aliphatic carbocycles. The Morgan fingerprint density at radius 3 is 2.70 bits per heavy atom. The quantitative estimate of drug-likeness (QED) is 0.926. The fourth-order valence-corrected chi connectivity index (χ4v) is 3.15. The van der Waals surface area contributed by atoms with Crippen molar-refractivity contribution in [3.05, 3.63) is 35.1 Å². The van der Waals surface area contributed by atoms with Crippen LogP contribution in [0.4, 0.5) is 0 Å². The lowest BCUT2D eigenvalue weighted by Crippen LogP contribution is -2.41. The van der Waals surface area contributed by atoms with Crippen LogP contribution in [0.3, 0.4) is 0 Å². The highest BCUT2D eigenvalue weighted by Crippen LogP contribution is 2.25. The summed E-state index contributed by atoms with van der Waals surface area (Å²) in [6.07, 6.45) is 1.98. The van der Waals surface area contributed by atoms with Gasteiger partial charge in [0.05, 0.1) is 0 Å². The predicted octanol–water partition coefficient (Wildman–Crippen LogP) is 3.69. The third kappa shape index (κ3) is 3.54.